The Kier molecular flexibility index (Phi) is 3.81. The molecule has 1 aromatic rings. The lowest BCUT2D eigenvalue weighted by atomic mass is 10.3. The number of nitrogens with zero attached hydrogens (tertiary/aromatic N) is 1. The van der Waals surface area contributed by atoms with Crippen molar-refractivity contribution in [2.75, 3.05) is 11.9 Å². The number of hydrogen-bond donors (Lipinski definition) is 3. The minimum Gasteiger partial charge on any atom is -0.366 e. The van der Waals surface area contributed by atoms with Crippen LogP contribution in [0.2, 0.25) is 0 Å². The van der Waals surface area contributed by atoms with Crippen LogP contribution in [0.5, 0.6) is 0 Å². The van der Waals surface area contributed by atoms with E-state index in [1.165, 1.54) is 0 Å². The Morgan fingerprint density at radius 3 is 2.62 bits per heavy atom. The molecule has 0 aliphatic carbocycles. The number of H-pyrrole nitrogens is 2. The largest absolute Gasteiger partial charge is 0.373 e. The third kappa shape index (κ3) is 2.69. The molecule has 1 heterocycles. The third-order valence-corrected chi connectivity index (χ3v) is 1.93. The Balaban J connectivity index is 3.09. The smallest absolute Gasteiger partial charge is 0.366 e. The first-order valence-electron chi connectivity index (χ1n) is 4.81. The van der Waals surface area contributed by atoms with Crippen molar-refractivity contribution >= 4 is 11.5 Å². The normalized spacial score (nSPS) is 10.1. The Morgan fingerprint density at radius 2 is 2.06 bits per heavy atom. The van der Waals surface area contributed by atoms with E-state index in [2.05, 4.69) is 10.3 Å². The van der Waals surface area contributed by atoms with Crippen molar-refractivity contribution in [1.29, 1.82) is 0 Å². The van der Waals surface area contributed by atoms with Crippen LogP contribution in [0.3, 0.4) is 0 Å². The molecule has 0 amide bonds. The van der Waals surface area contributed by atoms with Crippen LogP contribution in [0, 0.1) is 10.1 Å². The van der Waals surface area contributed by atoms with Gasteiger partial charge in [0.2, 0.25) is 0 Å². The highest BCUT2D eigenvalue weighted by Crippen LogP contribution is 2.13. The molecule has 0 saturated heterocycles. The average Bonchev–Trinajstić information content (AvgIpc) is 2.16. The molecule has 0 radical (unpaired) electrons. The number of aromatic amines is 2. The van der Waals surface area contributed by atoms with Crippen LogP contribution >= 0.6 is 0 Å². The van der Waals surface area contributed by atoms with Gasteiger partial charge in [-0.2, -0.15) is 0 Å². The van der Waals surface area contributed by atoms with Crippen molar-refractivity contribution in [3.05, 3.63) is 31.0 Å². The van der Waals surface area contributed by atoms with Gasteiger partial charge in [0.15, 0.2) is 5.82 Å². The van der Waals surface area contributed by atoms with Crippen molar-refractivity contribution in [1.82, 2.24) is 9.97 Å². The highest BCUT2D eigenvalue weighted by Gasteiger charge is 2.20. The first kappa shape index (κ1) is 12.0. The molecule has 3 N–H and O–H groups in total. The van der Waals surface area contributed by atoms with Crippen molar-refractivity contribution in [2.45, 2.75) is 19.8 Å². The number of nitro groups is 1. The quantitative estimate of drug-likeness (QED) is 0.377. The number of hydrogen-bond acceptors (Lipinski definition) is 5. The molecule has 0 aliphatic rings. The second kappa shape index (κ2) is 5.10. The van der Waals surface area contributed by atoms with E-state index < -0.39 is 21.9 Å². The van der Waals surface area contributed by atoms with Crippen molar-refractivity contribution in [3.63, 3.8) is 0 Å². The minimum absolute atomic E-state index is 0.146. The highest BCUT2D eigenvalue weighted by molar-refractivity contribution is 5.53. The molecule has 1 rings (SSSR count). The van der Waals surface area contributed by atoms with Gasteiger partial charge in [-0.25, -0.2) is 4.79 Å². The van der Waals surface area contributed by atoms with E-state index in [4.69, 9.17) is 0 Å². The fourth-order valence-corrected chi connectivity index (χ4v) is 1.17. The maximum atomic E-state index is 11.2. The molecule has 16 heavy (non-hydrogen) atoms. The summed E-state index contributed by atoms with van der Waals surface area (Å²) in [5.41, 5.74) is -2.45. The van der Waals surface area contributed by atoms with E-state index in [9.17, 15) is 19.7 Å². The highest BCUT2D eigenvalue weighted by atomic mass is 16.6. The monoisotopic (exact) mass is 228 g/mol. The maximum Gasteiger partial charge on any atom is 0.373 e. The predicted molar refractivity (Wildman–Crippen MR) is 57.7 cm³/mol. The van der Waals surface area contributed by atoms with Gasteiger partial charge < -0.3 is 5.32 Å². The SMILES string of the molecule is CCCCNc1[nH]c(=O)[nH]c(=O)c1[N+](=O)[O-]. The zero-order valence-electron chi connectivity index (χ0n) is 8.70. The van der Waals surface area contributed by atoms with Gasteiger partial charge in [0, 0.05) is 6.54 Å². The molecule has 8 nitrogen and oxygen atoms in total. The van der Waals surface area contributed by atoms with E-state index in [0.29, 0.717) is 6.54 Å². The van der Waals surface area contributed by atoms with E-state index >= 15 is 0 Å². The van der Waals surface area contributed by atoms with Gasteiger partial charge in [-0.05, 0) is 6.42 Å². The number of anilines is 1. The number of aromatic nitrogens is 2. The molecular formula is C8H12N4O4. The summed E-state index contributed by atoms with van der Waals surface area (Å²) in [7, 11) is 0. The van der Waals surface area contributed by atoms with Crippen molar-refractivity contribution in [3.8, 4) is 0 Å². The van der Waals surface area contributed by atoms with Crippen molar-refractivity contribution < 1.29 is 4.92 Å². The molecule has 0 atom stereocenters. The first-order valence-corrected chi connectivity index (χ1v) is 4.81. The molecule has 1 aromatic heterocycles. The van der Waals surface area contributed by atoms with Gasteiger partial charge in [0.05, 0.1) is 4.92 Å². The summed E-state index contributed by atoms with van der Waals surface area (Å²) < 4.78 is 0. The summed E-state index contributed by atoms with van der Waals surface area (Å²) in [6, 6.07) is 0. The average molecular weight is 228 g/mol. The summed E-state index contributed by atoms with van der Waals surface area (Å²) in [5, 5.41) is 13.3. The molecule has 0 aliphatic heterocycles. The van der Waals surface area contributed by atoms with Gasteiger partial charge in [-0.1, -0.05) is 13.3 Å². The molecule has 0 saturated carbocycles. The van der Waals surface area contributed by atoms with E-state index in [-0.39, 0.29) is 5.82 Å². The van der Waals surface area contributed by atoms with Crippen LogP contribution in [-0.4, -0.2) is 21.4 Å². The molecule has 0 fully saturated rings. The van der Waals surface area contributed by atoms with Crippen molar-refractivity contribution in [2.24, 2.45) is 0 Å². The topological polar surface area (TPSA) is 121 Å². The van der Waals surface area contributed by atoms with Gasteiger partial charge in [-0.3, -0.25) is 24.9 Å². The molecular weight excluding hydrogens is 216 g/mol. The van der Waals surface area contributed by atoms with E-state index in [1.54, 1.807) is 4.98 Å². The fourth-order valence-electron chi connectivity index (χ4n) is 1.17. The molecule has 8 heteroatoms. The summed E-state index contributed by atoms with van der Waals surface area (Å²) in [6.07, 6.45) is 1.68. The molecule has 0 unspecified atom stereocenters. The van der Waals surface area contributed by atoms with Gasteiger partial charge in [0.1, 0.15) is 0 Å². The van der Waals surface area contributed by atoms with Crippen LogP contribution in [-0.2, 0) is 0 Å². The Hall–Kier alpha value is -2.12. The minimum atomic E-state index is -1.01. The Morgan fingerprint density at radius 1 is 1.38 bits per heavy atom. The van der Waals surface area contributed by atoms with Gasteiger partial charge in [0.25, 0.3) is 0 Å². The second-order valence-electron chi connectivity index (χ2n) is 3.17. The molecule has 0 spiro atoms. The van der Waals surface area contributed by atoms with Crippen LogP contribution in [0.15, 0.2) is 9.59 Å². The van der Waals surface area contributed by atoms with Gasteiger partial charge in [-0.15, -0.1) is 0 Å². The summed E-state index contributed by atoms with van der Waals surface area (Å²) in [5.74, 6) is -0.146. The number of unbranched alkanes of at least 4 members (excludes halogenated alkanes) is 1. The molecule has 88 valence electrons. The maximum absolute atomic E-state index is 11.2. The second-order valence-corrected chi connectivity index (χ2v) is 3.17. The van der Waals surface area contributed by atoms with Crippen LogP contribution in [0.4, 0.5) is 11.5 Å². The van der Waals surface area contributed by atoms with Crippen LogP contribution < -0.4 is 16.6 Å². The Bertz CT molecular complexity index is 490. The lowest BCUT2D eigenvalue weighted by Crippen LogP contribution is -2.26. The molecule has 0 bridgehead atoms. The zero-order valence-corrected chi connectivity index (χ0v) is 8.70. The number of nitrogens with one attached hydrogen (secondary N) is 3. The van der Waals surface area contributed by atoms with Crippen LogP contribution in [0.25, 0.3) is 0 Å². The van der Waals surface area contributed by atoms with E-state index in [0.717, 1.165) is 12.8 Å². The molecule has 0 aromatic carbocycles. The lowest BCUT2D eigenvalue weighted by molar-refractivity contribution is -0.385. The third-order valence-electron chi connectivity index (χ3n) is 1.93. The summed E-state index contributed by atoms with van der Waals surface area (Å²) >= 11 is 0. The summed E-state index contributed by atoms with van der Waals surface area (Å²) in [6.45, 7) is 2.41. The predicted octanol–water partition coefficient (Wildman–Crippen LogP) is 0.183. The van der Waals surface area contributed by atoms with Crippen LogP contribution in [0.1, 0.15) is 19.8 Å². The number of rotatable bonds is 5. The first-order chi connectivity index (χ1) is 7.56. The Labute approximate surface area is 89.9 Å². The fraction of sp³-hybridized carbons (Fsp3) is 0.500. The van der Waals surface area contributed by atoms with Gasteiger partial charge >= 0.3 is 16.9 Å². The van der Waals surface area contributed by atoms with E-state index in [1.807, 2.05) is 6.92 Å². The lowest BCUT2D eigenvalue weighted by Gasteiger charge is -2.04. The standard InChI is InChI=1S/C8H12N4O4/c1-2-3-4-9-6-5(12(15)16)7(13)11-8(14)10-6/h2-4H2,1H3,(H3,9,10,11,13,14). The summed E-state index contributed by atoms with van der Waals surface area (Å²) in [4.78, 5) is 35.9. The zero-order chi connectivity index (χ0) is 12.1.